The normalized spacial score (nSPS) is 18.3. The predicted molar refractivity (Wildman–Crippen MR) is 103 cm³/mol. The Balaban J connectivity index is 1.96. The molecule has 1 fully saturated rings. The van der Waals surface area contributed by atoms with E-state index in [4.69, 9.17) is 0 Å². The molecule has 144 valence electrons. The second-order valence-corrected chi connectivity index (χ2v) is 7.35. The van der Waals surface area contributed by atoms with Crippen LogP contribution in [0.3, 0.4) is 0 Å². The van der Waals surface area contributed by atoms with Crippen molar-refractivity contribution < 1.29 is 9.18 Å². The van der Waals surface area contributed by atoms with E-state index in [0.29, 0.717) is 23.2 Å². The first-order valence-corrected chi connectivity index (χ1v) is 9.14. The third kappa shape index (κ3) is 4.42. The van der Waals surface area contributed by atoms with Gasteiger partial charge < -0.3 is 15.1 Å². The predicted octanol–water partition coefficient (Wildman–Crippen LogP) is 2.59. The maximum absolute atomic E-state index is 13.3. The number of likely N-dealkylation sites (N-methyl/N-ethyl adjacent to an activating group) is 1. The molecule has 0 aliphatic carbocycles. The minimum Gasteiger partial charge on any atom is -0.364 e. The Bertz CT molecular complexity index is 809. The molecule has 0 spiro atoms. The summed E-state index contributed by atoms with van der Waals surface area (Å²) in [6.45, 7) is 3.96. The van der Waals surface area contributed by atoms with Crippen LogP contribution in [0.25, 0.3) is 0 Å². The zero-order valence-electron chi connectivity index (χ0n) is 16.2. The summed E-state index contributed by atoms with van der Waals surface area (Å²) >= 11 is 0. The van der Waals surface area contributed by atoms with Crippen molar-refractivity contribution in [3.63, 3.8) is 0 Å². The lowest BCUT2D eigenvalue weighted by molar-refractivity contribution is 0.0821. The number of halogens is 1. The highest BCUT2D eigenvalue weighted by atomic mass is 19.1. The molecule has 2 atom stereocenters. The highest BCUT2D eigenvalue weighted by Gasteiger charge is 2.24. The van der Waals surface area contributed by atoms with Gasteiger partial charge in [-0.25, -0.2) is 14.4 Å². The molecule has 7 heteroatoms. The average molecular weight is 371 g/mol. The molecule has 6 nitrogen and oxygen atoms in total. The second-order valence-electron chi connectivity index (χ2n) is 7.35. The lowest BCUT2D eigenvalue weighted by Gasteiger charge is -2.20. The third-order valence-electron chi connectivity index (χ3n) is 4.94. The summed E-state index contributed by atoms with van der Waals surface area (Å²) in [7, 11) is 5.47. The van der Waals surface area contributed by atoms with Gasteiger partial charge in [0.05, 0.1) is 11.9 Å². The standard InChI is InChI=1S/C20H26FN5O/c1-13(14-5-7-15(21)8-6-14)18-19(23-16-9-10-26(4)12-16)22-11-17(24-18)20(27)25(2)3/h5-8,11,13,16H,9-10,12H2,1-4H3,(H,22,23)/t13-,16-/m1/s1. The lowest BCUT2D eigenvalue weighted by Crippen LogP contribution is -2.27. The van der Waals surface area contributed by atoms with Gasteiger partial charge in [0.25, 0.3) is 5.91 Å². The molecular weight excluding hydrogens is 345 g/mol. The van der Waals surface area contributed by atoms with E-state index in [1.165, 1.54) is 23.2 Å². The fourth-order valence-electron chi connectivity index (χ4n) is 3.30. The number of aromatic nitrogens is 2. The number of nitrogens with zero attached hydrogens (tertiary/aromatic N) is 4. The number of hydrogen-bond donors (Lipinski definition) is 1. The summed E-state index contributed by atoms with van der Waals surface area (Å²) in [5, 5.41) is 3.48. The van der Waals surface area contributed by atoms with E-state index < -0.39 is 0 Å². The summed E-state index contributed by atoms with van der Waals surface area (Å²) in [6.07, 6.45) is 2.55. The minimum absolute atomic E-state index is 0.130. The smallest absolute Gasteiger partial charge is 0.273 e. The Labute approximate surface area is 159 Å². The van der Waals surface area contributed by atoms with Crippen LogP contribution >= 0.6 is 0 Å². The van der Waals surface area contributed by atoms with Gasteiger partial charge in [0.2, 0.25) is 0 Å². The van der Waals surface area contributed by atoms with Gasteiger partial charge in [-0.15, -0.1) is 0 Å². The van der Waals surface area contributed by atoms with Gasteiger partial charge in [-0.3, -0.25) is 4.79 Å². The maximum atomic E-state index is 13.3. The van der Waals surface area contributed by atoms with Crippen LogP contribution in [-0.4, -0.2) is 65.9 Å². The molecule has 1 aromatic carbocycles. The molecule has 1 N–H and O–H groups in total. The molecule has 0 bridgehead atoms. The Kier molecular flexibility index (Phi) is 5.70. The van der Waals surface area contributed by atoms with Crippen LogP contribution < -0.4 is 5.32 Å². The lowest BCUT2D eigenvalue weighted by atomic mass is 9.97. The number of hydrogen-bond acceptors (Lipinski definition) is 5. The molecule has 0 radical (unpaired) electrons. The van der Waals surface area contributed by atoms with E-state index >= 15 is 0 Å². The number of anilines is 1. The van der Waals surface area contributed by atoms with Crippen molar-refractivity contribution in [3.8, 4) is 0 Å². The second kappa shape index (κ2) is 8.00. The van der Waals surface area contributed by atoms with E-state index in [1.54, 1.807) is 26.2 Å². The van der Waals surface area contributed by atoms with Gasteiger partial charge in [-0.05, 0) is 37.7 Å². The summed E-state index contributed by atoms with van der Waals surface area (Å²) in [5.74, 6) is 0.0835. The van der Waals surface area contributed by atoms with Crippen molar-refractivity contribution >= 4 is 11.7 Å². The number of nitrogens with one attached hydrogen (secondary N) is 1. The van der Waals surface area contributed by atoms with E-state index in [2.05, 4.69) is 27.2 Å². The van der Waals surface area contributed by atoms with Gasteiger partial charge in [0, 0.05) is 32.6 Å². The molecule has 0 saturated carbocycles. The Morgan fingerprint density at radius 2 is 2.04 bits per heavy atom. The molecule has 1 aliphatic heterocycles. The van der Waals surface area contributed by atoms with Crippen molar-refractivity contribution in [3.05, 3.63) is 53.2 Å². The first kappa shape index (κ1) is 19.2. The first-order valence-electron chi connectivity index (χ1n) is 9.14. The topological polar surface area (TPSA) is 61.4 Å². The molecule has 1 aromatic heterocycles. The van der Waals surface area contributed by atoms with Crippen LogP contribution in [0, 0.1) is 5.82 Å². The molecule has 2 aromatic rings. The summed E-state index contributed by atoms with van der Waals surface area (Å²) in [5.41, 5.74) is 1.92. The Hall–Kier alpha value is -2.54. The highest BCUT2D eigenvalue weighted by Crippen LogP contribution is 2.29. The SMILES string of the molecule is C[C@H](c1ccc(F)cc1)c1nc(C(=O)N(C)C)cnc1N[C@@H]1CCN(C)C1. The van der Waals surface area contributed by atoms with Crippen LogP contribution in [-0.2, 0) is 0 Å². The van der Waals surface area contributed by atoms with Crippen LogP contribution in [0.1, 0.15) is 41.0 Å². The Morgan fingerprint density at radius 1 is 1.33 bits per heavy atom. The number of carbonyl (C=O) groups excluding carboxylic acids is 1. The average Bonchev–Trinajstić information content (AvgIpc) is 3.06. The van der Waals surface area contributed by atoms with Gasteiger partial charge in [-0.2, -0.15) is 0 Å². The molecule has 0 unspecified atom stereocenters. The zero-order chi connectivity index (χ0) is 19.6. The number of carbonyl (C=O) groups is 1. The van der Waals surface area contributed by atoms with Crippen molar-refractivity contribution in [1.29, 1.82) is 0 Å². The van der Waals surface area contributed by atoms with Crippen molar-refractivity contribution in [1.82, 2.24) is 19.8 Å². The summed E-state index contributed by atoms with van der Waals surface area (Å²) < 4.78 is 13.3. The van der Waals surface area contributed by atoms with Gasteiger partial charge in [0.15, 0.2) is 0 Å². The summed E-state index contributed by atoms with van der Waals surface area (Å²) in [4.78, 5) is 25.2. The number of rotatable bonds is 5. The van der Waals surface area contributed by atoms with Crippen LogP contribution in [0.5, 0.6) is 0 Å². The van der Waals surface area contributed by atoms with Crippen LogP contribution in [0.15, 0.2) is 30.5 Å². The fourth-order valence-corrected chi connectivity index (χ4v) is 3.30. The van der Waals surface area contributed by atoms with E-state index in [9.17, 15) is 9.18 Å². The van der Waals surface area contributed by atoms with Crippen molar-refractivity contribution in [2.75, 3.05) is 39.5 Å². The van der Waals surface area contributed by atoms with Crippen molar-refractivity contribution in [2.24, 2.45) is 0 Å². The quantitative estimate of drug-likeness (QED) is 0.875. The van der Waals surface area contributed by atoms with Gasteiger partial charge in [-0.1, -0.05) is 19.1 Å². The summed E-state index contributed by atoms with van der Waals surface area (Å²) in [6, 6.07) is 6.66. The van der Waals surface area contributed by atoms with Gasteiger partial charge >= 0.3 is 0 Å². The van der Waals surface area contributed by atoms with Crippen LogP contribution in [0.2, 0.25) is 0 Å². The molecular formula is C20H26FN5O. The monoisotopic (exact) mass is 371 g/mol. The van der Waals surface area contributed by atoms with Crippen molar-refractivity contribution in [2.45, 2.75) is 25.3 Å². The largest absolute Gasteiger partial charge is 0.364 e. The maximum Gasteiger partial charge on any atom is 0.273 e. The number of likely N-dealkylation sites (tertiary alicyclic amines) is 1. The number of amides is 1. The first-order chi connectivity index (χ1) is 12.8. The molecule has 1 aliphatic rings. The molecule has 1 saturated heterocycles. The minimum atomic E-state index is -0.277. The molecule has 2 heterocycles. The van der Waals surface area contributed by atoms with E-state index in [0.717, 1.165) is 25.1 Å². The molecule has 1 amide bonds. The number of benzene rings is 1. The van der Waals surface area contributed by atoms with E-state index in [-0.39, 0.29) is 17.6 Å². The highest BCUT2D eigenvalue weighted by molar-refractivity contribution is 5.91. The Morgan fingerprint density at radius 3 is 2.63 bits per heavy atom. The van der Waals surface area contributed by atoms with Crippen LogP contribution in [0.4, 0.5) is 10.2 Å². The third-order valence-corrected chi connectivity index (χ3v) is 4.94. The zero-order valence-corrected chi connectivity index (χ0v) is 16.2. The molecule has 27 heavy (non-hydrogen) atoms. The van der Waals surface area contributed by atoms with Gasteiger partial charge in [0.1, 0.15) is 17.3 Å². The molecule has 3 rings (SSSR count). The fraction of sp³-hybridized carbons (Fsp3) is 0.450. The van der Waals surface area contributed by atoms with E-state index in [1.807, 2.05) is 6.92 Å².